The van der Waals surface area contributed by atoms with Crippen LogP contribution in [0, 0.1) is 11.3 Å². The number of nitrogens with one attached hydrogen (secondary N) is 2. The van der Waals surface area contributed by atoms with Crippen molar-refractivity contribution in [1.82, 2.24) is 19.9 Å². The van der Waals surface area contributed by atoms with E-state index in [0.29, 0.717) is 5.92 Å². The molecular formula is C27H34N6. The lowest BCUT2D eigenvalue weighted by Gasteiger charge is -2.24. The second-order valence-corrected chi connectivity index (χ2v) is 10.1. The highest BCUT2D eigenvalue weighted by molar-refractivity contribution is 5.71. The van der Waals surface area contributed by atoms with Crippen LogP contribution in [0.2, 0.25) is 0 Å². The molecule has 0 bridgehead atoms. The number of aromatic amines is 2. The molecule has 33 heavy (non-hydrogen) atoms. The smallest absolute Gasteiger partial charge is 0.124 e. The molecule has 0 radical (unpaired) electrons. The molecular weight excluding hydrogens is 408 g/mol. The first-order valence-electron chi connectivity index (χ1n) is 11.5. The van der Waals surface area contributed by atoms with E-state index < -0.39 is 0 Å². The van der Waals surface area contributed by atoms with Gasteiger partial charge in [-0.3, -0.25) is 0 Å². The van der Waals surface area contributed by atoms with Gasteiger partial charge in [0, 0.05) is 0 Å². The summed E-state index contributed by atoms with van der Waals surface area (Å²) in [6.07, 6.45) is 3.71. The predicted octanol–water partition coefficient (Wildman–Crippen LogP) is 5.84. The molecule has 6 nitrogen and oxygen atoms in total. The Morgan fingerprint density at radius 1 is 0.667 bits per heavy atom. The van der Waals surface area contributed by atoms with Crippen LogP contribution < -0.4 is 11.5 Å². The lowest BCUT2D eigenvalue weighted by atomic mass is 9.87. The Morgan fingerprint density at radius 3 is 1.48 bits per heavy atom. The first-order valence-corrected chi connectivity index (χ1v) is 11.5. The Balaban J connectivity index is 1.49. The van der Waals surface area contributed by atoms with Crippen LogP contribution in [0.5, 0.6) is 0 Å². The molecule has 2 atom stereocenters. The maximum absolute atomic E-state index is 6.34. The summed E-state index contributed by atoms with van der Waals surface area (Å²) in [5.74, 6) is 1.97. The third kappa shape index (κ3) is 4.92. The molecule has 0 saturated heterocycles. The van der Waals surface area contributed by atoms with Crippen LogP contribution in [0.4, 0.5) is 0 Å². The fraction of sp³-hybridized carbons (Fsp3) is 0.333. The summed E-state index contributed by atoms with van der Waals surface area (Å²) in [6, 6.07) is 16.7. The van der Waals surface area contributed by atoms with Crippen LogP contribution in [0.3, 0.4) is 0 Å². The highest BCUT2D eigenvalue weighted by Gasteiger charge is 2.25. The largest absolute Gasteiger partial charge is 0.341 e. The molecule has 0 aliphatic heterocycles. The molecule has 6 heteroatoms. The maximum atomic E-state index is 6.34. The molecule has 0 saturated carbocycles. The van der Waals surface area contributed by atoms with E-state index in [1.807, 2.05) is 12.4 Å². The molecule has 0 amide bonds. The SMILES string of the molecule is CC(C)[C@H](N)c1ncc(-c2ccc(-c3ccc(-c4cnc([C@@H](N)C(C)(C)C)[nH]4)cc3)cc2)[nH]1. The van der Waals surface area contributed by atoms with E-state index in [1.165, 1.54) is 0 Å². The Kier molecular flexibility index (Phi) is 6.23. The number of nitrogens with zero attached hydrogens (tertiary/aromatic N) is 2. The molecule has 0 unspecified atom stereocenters. The number of hydrogen-bond donors (Lipinski definition) is 4. The second-order valence-electron chi connectivity index (χ2n) is 10.1. The predicted molar refractivity (Wildman–Crippen MR) is 135 cm³/mol. The van der Waals surface area contributed by atoms with Gasteiger partial charge in [-0.15, -0.1) is 0 Å². The number of aromatic nitrogens is 4. The van der Waals surface area contributed by atoms with Gasteiger partial charge in [-0.05, 0) is 33.6 Å². The molecule has 0 fully saturated rings. The van der Waals surface area contributed by atoms with Crippen molar-refractivity contribution in [3.63, 3.8) is 0 Å². The van der Waals surface area contributed by atoms with Gasteiger partial charge in [-0.1, -0.05) is 83.1 Å². The monoisotopic (exact) mass is 442 g/mol. The van der Waals surface area contributed by atoms with Crippen molar-refractivity contribution in [2.75, 3.05) is 0 Å². The van der Waals surface area contributed by atoms with Crippen molar-refractivity contribution in [3.05, 3.63) is 72.6 Å². The Labute approximate surface area is 195 Å². The number of benzene rings is 2. The standard InChI is InChI=1S/C27H34N6/c1-16(2)23(28)25-30-14-21(32-25)19-10-6-17(7-11-19)18-8-12-20(13-9-18)22-15-31-26(33-22)24(29)27(3,4)5/h6-16,23-24H,28-29H2,1-5H3,(H,30,32)(H,31,33)/t23-,24+/m0/s1. The molecule has 0 spiro atoms. The van der Waals surface area contributed by atoms with Gasteiger partial charge in [0.15, 0.2) is 0 Å². The second kappa shape index (κ2) is 8.96. The molecule has 2 aromatic carbocycles. The van der Waals surface area contributed by atoms with Gasteiger partial charge in [0.2, 0.25) is 0 Å². The van der Waals surface area contributed by atoms with Crippen molar-refractivity contribution in [2.24, 2.45) is 22.8 Å². The first kappa shape index (κ1) is 23.0. The molecule has 4 rings (SSSR count). The lowest BCUT2D eigenvalue weighted by Crippen LogP contribution is -2.27. The van der Waals surface area contributed by atoms with Gasteiger partial charge in [0.05, 0.1) is 35.9 Å². The molecule has 172 valence electrons. The lowest BCUT2D eigenvalue weighted by molar-refractivity contribution is 0.317. The van der Waals surface area contributed by atoms with Crippen LogP contribution in [-0.4, -0.2) is 19.9 Å². The van der Waals surface area contributed by atoms with E-state index in [0.717, 1.165) is 45.3 Å². The van der Waals surface area contributed by atoms with Gasteiger partial charge in [0.25, 0.3) is 0 Å². The fourth-order valence-electron chi connectivity index (χ4n) is 3.70. The van der Waals surface area contributed by atoms with Gasteiger partial charge in [-0.25, -0.2) is 9.97 Å². The average Bonchev–Trinajstić information content (AvgIpc) is 3.48. The summed E-state index contributed by atoms with van der Waals surface area (Å²) < 4.78 is 0. The zero-order valence-electron chi connectivity index (χ0n) is 20.1. The molecule has 0 aliphatic carbocycles. The molecule has 4 aromatic rings. The minimum Gasteiger partial charge on any atom is -0.341 e. The van der Waals surface area contributed by atoms with Crippen LogP contribution in [-0.2, 0) is 0 Å². The Bertz CT molecular complexity index is 1190. The minimum atomic E-state index is -0.143. The van der Waals surface area contributed by atoms with Gasteiger partial charge >= 0.3 is 0 Å². The van der Waals surface area contributed by atoms with Crippen molar-refractivity contribution in [1.29, 1.82) is 0 Å². The van der Waals surface area contributed by atoms with Crippen molar-refractivity contribution >= 4 is 0 Å². The highest BCUT2D eigenvalue weighted by atomic mass is 15.0. The van der Waals surface area contributed by atoms with Gasteiger partial charge in [-0.2, -0.15) is 0 Å². The summed E-state index contributed by atoms with van der Waals surface area (Å²) in [5.41, 5.74) is 18.9. The van der Waals surface area contributed by atoms with Crippen LogP contribution >= 0.6 is 0 Å². The summed E-state index contributed by atoms with van der Waals surface area (Å²) in [6.45, 7) is 10.5. The summed E-state index contributed by atoms with van der Waals surface area (Å²) >= 11 is 0. The number of imidazole rings is 2. The van der Waals surface area contributed by atoms with E-state index in [4.69, 9.17) is 11.5 Å². The maximum Gasteiger partial charge on any atom is 0.124 e. The molecule has 6 N–H and O–H groups in total. The zero-order valence-corrected chi connectivity index (χ0v) is 20.1. The summed E-state index contributed by atoms with van der Waals surface area (Å²) in [7, 11) is 0. The minimum absolute atomic E-state index is 0.0522. The van der Waals surface area contributed by atoms with E-state index >= 15 is 0 Å². The van der Waals surface area contributed by atoms with E-state index in [9.17, 15) is 0 Å². The zero-order chi connectivity index (χ0) is 23.8. The quantitative estimate of drug-likeness (QED) is 0.301. The first-order chi connectivity index (χ1) is 15.6. The van der Waals surface area contributed by atoms with Gasteiger partial charge in [0.1, 0.15) is 11.6 Å². The van der Waals surface area contributed by atoms with Crippen LogP contribution in [0.25, 0.3) is 33.6 Å². The average molecular weight is 443 g/mol. The van der Waals surface area contributed by atoms with Crippen molar-refractivity contribution in [2.45, 2.75) is 46.7 Å². The number of hydrogen-bond acceptors (Lipinski definition) is 4. The van der Waals surface area contributed by atoms with E-state index in [2.05, 4.69) is 103 Å². The molecule has 0 aliphatic rings. The molecule has 2 heterocycles. The van der Waals surface area contributed by atoms with E-state index in [-0.39, 0.29) is 17.5 Å². The van der Waals surface area contributed by atoms with E-state index in [1.54, 1.807) is 0 Å². The van der Waals surface area contributed by atoms with Crippen molar-refractivity contribution in [3.8, 4) is 33.6 Å². The summed E-state index contributed by atoms with van der Waals surface area (Å²) in [4.78, 5) is 15.7. The number of H-pyrrole nitrogens is 2. The van der Waals surface area contributed by atoms with Crippen LogP contribution in [0.15, 0.2) is 60.9 Å². The Morgan fingerprint density at radius 2 is 1.06 bits per heavy atom. The highest BCUT2D eigenvalue weighted by Crippen LogP contribution is 2.31. The third-order valence-corrected chi connectivity index (χ3v) is 6.18. The topological polar surface area (TPSA) is 109 Å². The van der Waals surface area contributed by atoms with Gasteiger partial charge < -0.3 is 21.4 Å². The molecule has 2 aromatic heterocycles. The fourth-order valence-corrected chi connectivity index (χ4v) is 3.70. The van der Waals surface area contributed by atoms with Crippen molar-refractivity contribution < 1.29 is 0 Å². The van der Waals surface area contributed by atoms with Crippen LogP contribution in [0.1, 0.15) is 58.4 Å². The number of nitrogens with two attached hydrogens (primary N) is 2. The number of rotatable bonds is 6. The normalized spacial score (nSPS) is 13.9. The summed E-state index contributed by atoms with van der Waals surface area (Å²) in [5, 5.41) is 0. The Hall–Kier alpha value is -3.22. The third-order valence-electron chi connectivity index (χ3n) is 6.18.